The molecule has 0 N–H and O–H groups in total. The van der Waals surface area contributed by atoms with Crippen molar-refractivity contribution in [2.24, 2.45) is 17.8 Å². The minimum Gasteiger partial charge on any atom is -0.373 e. The second kappa shape index (κ2) is 10.9. The van der Waals surface area contributed by atoms with Gasteiger partial charge in [-0.3, -0.25) is 0 Å². The van der Waals surface area contributed by atoms with Crippen molar-refractivity contribution in [2.75, 3.05) is 6.61 Å². The van der Waals surface area contributed by atoms with Gasteiger partial charge in [-0.2, -0.15) is 0 Å². The number of hydrogen-bond acceptors (Lipinski definition) is 1. The maximum absolute atomic E-state index is 5.66. The second-order valence-electron chi connectivity index (χ2n) is 8.64. The van der Waals surface area contributed by atoms with Crippen LogP contribution in [0.5, 0.6) is 0 Å². The van der Waals surface area contributed by atoms with E-state index in [4.69, 9.17) is 4.74 Å². The summed E-state index contributed by atoms with van der Waals surface area (Å²) in [6.45, 7) is 5.62. The smallest absolute Gasteiger partial charge is 0.0721 e. The molecule has 2 aliphatic carbocycles. The zero-order chi connectivity index (χ0) is 18.9. The van der Waals surface area contributed by atoms with Crippen LogP contribution in [-0.2, 0) is 11.3 Å². The van der Waals surface area contributed by atoms with Crippen molar-refractivity contribution in [3.8, 4) is 0 Å². The molecule has 0 radical (unpaired) electrons. The first kappa shape index (κ1) is 20.4. The van der Waals surface area contributed by atoms with Crippen molar-refractivity contribution >= 4 is 0 Å². The molecule has 2 saturated carbocycles. The van der Waals surface area contributed by atoms with E-state index in [9.17, 15) is 0 Å². The van der Waals surface area contributed by atoms with Crippen LogP contribution in [0.15, 0.2) is 48.6 Å². The van der Waals surface area contributed by atoms with Gasteiger partial charge in [-0.25, -0.2) is 0 Å². The first-order valence-corrected chi connectivity index (χ1v) is 11.2. The Balaban J connectivity index is 1.42. The van der Waals surface area contributed by atoms with Gasteiger partial charge in [0, 0.05) is 0 Å². The Kier molecular flexibility index (Phi) is 8.20. The molecule has 0 atom stereocenters. The van der Waals surface area contributed by atoms with E-state index in [1.807, 2.05) is 13.0 Å². The van der Waals surface area contributed by atoms with Crippen molar-refractivity contribution in [1.29, 1.82) is 0 Å². The Morgan fingerprint density at radius 2 is 1.44 bits per heavy atom. The van der Waals surface area contributed by atoms with E-state index in [1.165, 1.54) is 56.9 Å². The second-order valence-corrected chi connectivity index (χ2v) is 8.64. The monoisotopic (exact) mass is 366 g/mol. The molecule has 27 heavy (non-hydrogen) atoms. The van der Waals surface area contributed by atoms with Crippen LogP contribution in [0.4, 0.5) is 0 Å². The van der Waals surface area contributed by atoms with Crippen LogP contribution in [0.1, 0.15) is 82.3 Å². The predicted octanol–water partition coefficient (Wildman–Crippen LogP) is 7.44. The van der Waals surface area contributed by atoms with Gasteiger partial charge in [-0.15, -0.1) is 0 Å². The fourth-order valence-electron chi connectivity index (χ4n) is 5.23. The van der Waals surface area contributed by atoms with Crippen molar-refractivity contribution < 1.29 is 4.74 Å². The highest BCUT2D eigenvalue weighted by molar-refractivity contribution is 5.25. The molecule has 1 aromatic carbocycles. The fraction of sp³-hybridized carbons (Fsp3) is 0.615. The predicted molar refractivity (Wildman–Crippen MR) is 116 cm³/mol. The third kappa shape index (κ3) is 6.07. The van der Waals surface area contributed by atoms with Crippen LogP contribution in [0.3, 0.4) is 0 Å². The maximum atomic E-state index is 5.66. The Morgan fingerprint density at radius 1 is 0.815 bits per heavy atom. The average Bonchev–Trinajstić information content (AvgIpc) is 2.73. The van der Waals surface area contributed by atoms with Gasteiger partial charge < -0.3 is 4.74 Å². The molecule has 0 aliphatic heterocycles. The van der Waals surface area contributed by atoms with Gasteiger partial charge >= 0.3 is 0 Å². The summed E-state index contributed by atoms with van der Waals surface area (Å²) in [5, 5.41) is 0. The zero-order valence-electron chi connectivity index (χ0n) is 17.4. The molecular formula is C26H38O. The van der Waals surface area contributed by atoms with E-state index in [0.717, 1.165) is 23.7 Å². The number of hydrogen-bond donors (Lipinski definition) is 0. The van der Waals surface area contributed by atoms with Crippen LogP contribution in [0, 0.1) is 17.8 Å². The summed E-state index contributed by atoms with van der Waals surface area (Å²) >= 11 is 0. The lowest BCUT2D eigenvalue weighted by Crippen LogP contribution is -2.25. The highest BCUT2D eigenvalue weighted by atomic mass is 16.5. The minimum absolute atomic E-state index is 0.707. The molecular weight excluding hydrogens is 328 g/mol. The molecule has 0 unspecified atom stereocenters. The lowest BCUT2D eigenvalue weighted by molar-refractivity contribution is 0.148. The normalized spacial score (nSPS) is 29.6. The van der Waals surface area contributed by atoms with Crippen LogP contribution >= 0.6 is 0 Å². The van der Waals surface area contributed by atoms with Gasteiger partial charge in [0.15, 0.2) is 0 Å². The number of ether oxygens (including phenoxy) is 1. The lowest BCUT2D eigenvalue weighted by Gasteiger charge is -2.37. The molecule has 0 heterocycles. The molecule has 0 saturated heterocycles. The minimum atomic E-state index is 0.707. The molecule has 2 fully saturated rings. The summed E-state index contributed by atoms with van der Waals surface area (Å²) in [6, 6.07) is 9.22. The Labute approximate surface area is 166 Å². The van der Waals surface area contributed by atoms with E-state index in [1.54, 1.807) is 5.56 Å². The molecule has 1 aromatic rings. The third-order valence-corrected chi connectivity index (χ3v) is 6.89. The van der Waals surface area contributed by atoms with Crippen LogP contribution in [-0.4, -0.2) is 6.61 Å². The Hall–Kier alpha value is -1.34. The summed E-state index contributed by atoms with van der Waals surface area (Å²) < 4.78 is 5.66. The molecule has 0 amide bonds. The standard InChI is InChI=1S/C26H38O/c1-3-5-19-27-20-22-9-13-24(14-10-22)26-17-15-25(16-18-26)23-11-7-21(6-4-2)8-12-23/h3-6,9-10,13-14,21,23,25-26H,7-8,11-12,15-20H2,1-2H3/b5-3+,6-4-/t21-,23-,25?,26?. The molecule has 0 bridgehead atoms. The molecule has 2 aliphatic rings. The third-order valence-electron chi connectivity index (χ3n) is 6.89. The molecule has 0 aromatic heterocycles. The van der Waals surface area contributed by atoms with Crippen LogP contribution < -0.4 is 0 Å². The molecule has 1 nitrogen and oxygen atoms in total. The maximum Gasteiger partial charge on any atom is 0.0721 e. The fourth-order valence-corrected chi connectivity index (χ4v) is 5.23. The van der Waals surface area contributed by atoms with Gasteiger partial charge in [0.05, 0.1) is 13.2 Å². The first-order chi connectivity index (χ1) is 13.3. The number of rotatable bonds is 7. The largest absolute Gasteiger partial charge is 0.373 e. The highest BCUT2D eigenvalue weighted by Gasteiger charge is 2.30. The quantitative estimate of drug-likeness (QED) is 0.360. The van der Waals surface area contributed by atoms with Gasteiger partial charge in [-0.05, 0) is 100 Å². The zero-order valence-corrected chi connectivity index (χ0v) is 17.4. The molecule has 0 spiro atoms. The molecule has 3 rings (SSSR count). The van der Waals surface area contributed by atoms with Crippen molar-refractivity contribution in [1.82, 2.24) is 0 Å². The summed E-state index contributed by atoms with van der Waals surface area (Å²) in [5.41, 5.74) is 2.83. The van der Waals surface area contributed by atoms with E-state index >= 15 is 0 Å². The van der Waals surface area contributed by atoms with E-state index in [2.05, 4.69) is 49.4 Å². The number of benzene rings is 1. The highest BCUT2D eigenvalue weighted by Crippen LogP contribution is 2.44. The molecule has 148 valence electrons. The van der Waals surface area contributed by atoms with Gasteiger partial charge in [0.1, 0.15) is 0 Å². The van der Waals surface area contributed by atoms with Gasteiger partial charge in [0.2, 0.25) is 0 Å². The van der Waals surface area contributed by atoms with Crippen molar-refractivity contribution in [3.05, 3.63) is 59.7 Å². The topological polar surface area (TPSA) is 9.23 Å². The number of allylic oxidation sites excluding steroid dienone is 3. The summed E-state index contributed by atoms with van der Waals surface area (Å²) in [7, 11) is 0. The Morgan fingerprint density at radius 3 is 2.04 bits per heavy atom. The van der Waals surface area contributed by atoms with E-state index in [0.29, 0.717) is 13.2 Å². The Bertz CT molecular complexity index is 581. The lowest BCUT2D eigenvalue weighted by atomic mass is 9.68. The van der Waals surface area contributed by atoms with Gasteiger partial charge in [-0.1, -0.05) is 48.6 Å². The van der Waals surface area contributed by atoms with Crippen LogP contribution in [0.25, 0.3) is 0 Å². The molecule has 1 heteroatoms. The van der Waals surface area contributed by atoms with Crippen LogP contribution in [0.2, 0.25) is 0 Å². The van der Waals surface area contributed by atoms with Gasteiger partial charge in [0.25, 0.3) is 0 Å². The van der Waals surface area contributed by atoms with E-state index < -0.39 is 0 Å². The van der Waals surface area contributed by atoms with Crippen molar-refractivity contribution in [3.63, 3.8) is 0 Å². The summed E-state index contributed by atoms with van der Waals surface area (Å²) in [4.78, 5) is 0. The van der Waals surface area contributed by atoms with E-state index in [-0.39, 0.29) is 0 Å². The first-order valence-electron chi connectivity index (χ1n) is 11.2. The SMILES string of the molecule is C/C=C\[C@H]1CC[C@H](C2CCC(c3ccc(COC/C=C/C)cc3)CC2)CC1. The summed E-state index contributed by atoms with van der Waals surface area (Å²) in [6.07, 6.45) is 20.2. The average molecular weight is 367 g/mol. The summed E-state index contributed by atoms with van der Waals surface area (Å²) in [5.74, 6) is 3.64. The van der Waals surface area contributed by atoms with Crippen molar-refractivity contribution in [2.45, 2.75) is 77.7 Å².